The van der Waals surface area contributed by atoms with Gasteiger partial charge in [0.05, 0.1) is 5.69 Å². The van der Waals surface area contributed by atoms with Gasteiger partial charge in [0.1, 0.15) is 17.2 Å². The van der Waals surface area contributed by atoms with Crippen LogP contribution in [0.2, 0.25) is 0 Å². The third kappa shape index (κ3) is 4.12. The summed E-state index contributed by atoms with van der Waals surface area (Å²) in [5.74, 6) is 1.52. The summed E-state index contributed by atoms with van der Waals surface area (Å²) in [6.07, 6.45) is 0. The molecule has 0 unspecified atom stereocenters. The molecule has 3 aromatic carbocycles. The van der Waals surface area contributed by atoms with Crippen molar-refractivity contribution in [2.75, 3.05) is 11.9 Å². The zero-order valence-electron chi connectivity index (χ0n) is 15.0. The van der Waals surface area contributed by atoms with Crippen molar-refractivity contribution < 1.29 is 19.1 Å². The number of hydrogen-bond acceptors (Lipinski definition) is 4. The first kappa shape index (κ1) is 17.6. The fourth-order valence-electron chi connectivity index (χ4n) is 2.84. The van der Waals surface area contributed by atoms with Gasteiger partial charge in [-0.1, -0.05) is 30.3 Å². The van der Waals surface area contributed by atoms with Gasteiger partial charge in [-0.05, 0) is 48.0 Å². The van der Waals surface area contributed by atoms with E-state index >= 15 is 0 Å². The average Bonchev–Trinajstić information content (AvgIpc) is 2.72. The molecule has 2 N–H and O–H groups in total. The second-order valence-electron chi connectivity index (χ2n) is 6.29. The lowest BCUT2D eigenvalue weighted by atomic mass is 10.1. The van der Waals surface area contributed by atoms with Crippen molar-refractivity contribution in [2.24, 2.45) is 0 Å². The minimum Gasteiger partial charge on any atom is -0.482 e. The monoisotopic (exact) mass is 374 g/mol. The Morgan fingerprint density at radius 2 is 1.82 bits per heavy atom. The molecule has 0 saturated carbocycles. The first-order chi connectivity index (χ1) is 13.7. The van der Waals surface area contributed by atoms with Gasteiger partial charge in [0.15, 0.2) is 6.61 Å². The van der Waals surface area contributed by atoms with E-state index in [-0.39, 0.29) is 18.4 Å². The highest BCUT2D eigenvalue weighted by Gasteiger charge is 2.17. The third-order valence-corrected chi connectivity index (χ3v) is 4.21. The number of para-hydroxylation sites is 1. The first-order valence-corrected chi connectivity index (χ1v) is 8.84. The number of benzene rings is 3. The Labute approximate surface area is 162 Å². The van der Waals surface area contributed by atoms with E-state index in [1.54, 1.807) is 18.2 Å². The molecule has 1 heterocycles. The maximum Gasteiger partial charge on any atom is 0.262 e. The standard InChI is InChI=1S/C22H18N2O4/c25-21-14-27-20-12-16(9-10-19(20)24-21)22(26)23-13-15-5-4-8-18(11-15)28-17-6-2-1-3-7-17/h1-12H,13-14H2,(H,23,26)(H,24,25). The number of ether oxygens (including phenoxy) is 2. The van der Waals surface area contributed by atoms with Crippen molar-refractivity contribution in [3.63, 3.8) is 0 Å². The molecule has 0 aliphatic carbocycles. The number of hydrogen-bond donors (Lipinski definition) is 2. The van der Waals surface area contributed by atoms with Gasteiger partial charge in [0, 0.05) is 12.1 Å². The minimum atomic E-state index is -0.224. The number of carbonyl (C=O) groups excluding carboxylic acids is 2. The van der Waals surface area contributed by atoms with Gasteiger partial charge < -0.3 is 20.1 Å². The number of rotatable bonds is 5. The van der Waals surface area contributed by atoms with Crippen LogP contribution in [0, 0.1) is 0 Å². The number of carbonyl (C=O) groups is 2. The molecule has 3 aromatic rings. The molecule has 4 rings (SSSR count). The normalized spacial score (nSPS) is 12.4. The summed E-state index contributed by atoms with van der Waals surface area (Å²) in [7, 11) is 0. The van der Waals surface area contributed by atoms with Crippen molar-refractivity contribution in [3.8, 4) is 17.2 Å². The van der Waals surface area contributed by atoms with Crippen LogP contribution in [0.3, 0.4) is 0 Å². The third-order valence-electron chi connectivity index (χ3n) is 4.21. The van der Waals surface area contributed by atoms with Crippen molar-refractivity contribution in [2.45, 2.75) is 6.54 Å². The summed E-state index contributed by atoms with van der Waals surface area (Å²) < 4.78 is 11.2. The van der Waals surface area contributed by atoms with Crippen molar-refractivity contribution in [3.05, 3.63) is 83.9 Å². The molecule has 2 amide bonds. The molecule has 0 atom stereocenters. The van der Waals surface area contributed by atoms with Crippen LogP contribution in [-0.4, -0.2) is 18.4 Å². The summed E-state index contributed by atoms with van der Waals surface area (Å²) >= 11 is 0. The second-order valence-corrected chi connectivity index (χ2v) is 6.29. The van der Waals surface area contributed by atoms with Gasteiger partial charge in [-0.3, -0.25) is 9.59 Å². The Hall–Kier alpha value is -3.80. The van der Waals surface area contributed by atoms with E-state index in [4.69, 9.17) is 9.47 Å². The summed E-state index contributed by atoms with van der Waals surface area (Å²) in [4.78, 5) is 23.8. The van der Waals surface area contributed by atoms with Gasteiger partial charge in [-0.15, -0.1) is 0 Å². The SMILES string of the molecule is O=C1COc2cc(C(=O)NCc3cccc(Oc4ccccc4)c3)ccc2N1. The van der Waals surface area contributed by atoms with Crippen molar-refractivity contribution >= 4 is 17.5 Å². The quantitative estimate of drug-likeness (QED) is 0.713. The van der Waals surface area contributed by atoms with E-state index in [0.717, 1.165) is 11.3 Å². The largest absolute Gasteiger partial charge is 0.482 e. The molecular formula is C22H18N2O4. The highest BCUT2D eigenvalue weighted by molar-refractivity contribution is 5.98. The summed E-state index contributed by atoms with van der Waals surface area (Å²) in [5, 5.41) is 5.58. The lowest BCUT2D eigenvalue weighted by Crippen LogP contribution is -2.26. The topological polar surface area (TPSA) is 76.7 Å². The molecule has 1 aliphatic rings. The zero-order chi connectivity index (χ0) is 19.3. The van der Waals surface area contributed by atoms with Crippen LogP contribution in [-0.2, 0) is 11.3 Å². The summed E-state index contributed by atoms with van der Waals surface area (Å²) in [6, 6.07) is 22.0. The lowest BCUT2D eigenvalue weighted by Gasteiger charge is -2.18. The van der Waals surface area contributed by atoms with Gasteiger partial charge in [-0.25, -0.2) is 0 Å². The Bertz CT molecular complexity index is 1020. The van der Waals surface area contributed by atoms with Crippen molar-refractivity contribution in [1.29, 1.82) is 0 Å². The Balaban J connectivity index is 1.40. The highest BCUT2D eigenvalue weighted by Crippen LogP contribution is 2.28. The van der Waals surface area contributed by atoms with Crippen LogP contribution >= 0.6 is 0 Å². The van der Waals surface area contributed by atoms with Gasteiger partial charge in [-0.2, -0.15) is 0 Å². The van der Waals surface area contributed by atoms with E-state index in [1.807, 2.05) is 54.6 Å². The molecule has 140 valence electrons. The molecule has 6 nitrogen and oxygen atoms in total. The summed E-state index contributed by atoms with van der Waals surface area (Å²) in [5.41, 5.74) is 1.95. The van der Waals surface area contributed by atoms with E-state index in [1.165, 1.54) is 0 Å². The minimum absolute atomic E-state index is 0.0493. The van der Waals surface area contributed by atoms with E-state index in [9.17, 15) is 9.59 Å². The average molecular weight is 374 g/mol. The predicted molar refractivity (Wildman–Crippen MR) is 105 cm³/mol. The van der Waals surface area contributed by atoms with Crippen LogP contribution in [0.15, 0.2) is 72.8 Å². The fourth-order valence-corrected chi connectivity index (χ4v) is 2.84. The molecule has 6 heteroatoms. The van der Waals surface area contributed by atoms with Gasteiger partial charge in [0.25, 0.3) is 11.8 Å². The second kappa shape index (κ2) is 7.84. The van der Waals surface area contributed by atoms with Crippen LogP contribution in [0.5, 0.6) is 17.2 Å². The highest BCUT2D eigenvalue weighted by atomic mass is 16.5. The van der Waals surface area contributed by atoms with Crippen LogP contribution in [0.4, 0.5) is 5.69 Å². The molecule has 0 spiro atoms. The Morgan fingerprint density at radius 3 is 2.68 bits per heavy atom. The molecule has 0 bridgehead atoms. The predicted octanol–water partition coefficient (Wildman–Crippen LogP) is 3.74. The maximum atomic E-state index is 12.5. The van der Waals surface area contributed by atoms with E-state index in [0.29, 0.717) is 29.3 Å². The molecule has 1 aliphatic heterocycles. The maximum absolute atomic E-state index is 12.5. The van der Waals surface area contributed by atoms with Crippen LogP contribution in [0.25, 0.3) is 0 Å². The van der Waals surface area contributed by atoms with Gasteiger partial charge in [0.2, 0.25) is 0 Å². The molecule has 0 fully saturated rings. The number of fused-ring (bicyclic) bond motifs is 1. The number of anilines is 1. The van der Waals surface area contributed by atoms with Crippen molar-refractivity contribution in [1.82, 2.24) is 5.32 Å². The molecule has 28 heavy (non-hydrogen) atoms. The molecular weight excluding hydrogens is 356 g/mol. The first-order valence-electron chi connectivity index (χ1n) is 8.84. The Kier molecular flexibility index (Phi) is 4.93. The van der Waals surface area contributed by atoms with Crippen LogP contribution < -0.4 is 20.1 Å². The lowest BCUT2D eigenvalue weighted by molar-refractivity contribution is -0.118. The fraction of sp³-hybridized carbons (Fsp3) is 0.0909. The number of nitrogens with one attached hydrogen (secondary N) is 2. The molecule has 0 aromatic heterocycles. The van der Waals surface area contributed by atoms with Crippen LogP contribution in [0.1, 0.15) is 15.9 Å². The number of amides is 2. The summed E-state index contributed by atoms with van der Waals surface area (Å²) in [6.45, 7) is 0.311. The molecule has 0 saturated heterocycles. The zero-order valence-corrected chi connectivity index (χ0v) is 15.0. The smallest absolute Gasteiger partial charge is 0.262 e. The van der Waals surface area contributed by atoms with E-state index < -0.39 is 0 Å². The van der Waals surface area contributed by atoms with Gasteiger partial charge >= 0.3 is 0 Å². The van der Waals surface area contributed by atoms with E-state index in [2.05, 4.69) is 10.6 Å². The Morgan fingerprint density at radius 1 is 1.00 bits per heavy atom. The molecule has 0 radical (unpaired) electrons.